The van der Waals surface area contributed by atoms with Crippen molar-refractivity contribution < 1.29 is 19.5 Å². The van der Waals surface area contributed by atoms with E-state index in [1.54, 1.807) is 0 Å². The fourth-order valence-corrected chi connectivity index (χ4v) is 2.09. The third-order valence-electron chi connectivity index (χ3n) is 3.07. The molecule has 3 amide bonds. The van der Waals surface area contributed by atoms with E-state index in [2.05, 4.69) is 10.6 Å². The first-order chi connectivity index (χ1) is 8.58. The van der Waals surface area contributed by atoms with Crippen LogP contribution in [0, 0.1) is 5.92 Å². The predicted octanol–water partition coefficient (Wildman–Crippen LogP) is 1.26. The van der Waals surface area contributed by atoms with Crippen LogP contribution in [0.4, 0.5) is 4.79 Å². The van der Waals surface area contributed by atoms with E-state index < -0.39 is 17.9 Å². The molecule has 0 radical (unpaired) electrons. The van der Waals surface area contributed by atoms with E-state index in [-0.39, 0.29) is 19.3 Å². The van der Waals surface area contributed by atoms with Gasteiger partial charge in [0.15, 0.2) is 0 Å². The summed E-state index contributed by atoms with van der Waals surface area (Å²) in [6.07, 6.45) is 4.93. The van der Waals surface area contributed by atoms with E-state index in [4.69, 9.17) is 5.11 Å². The summed E-state index contributed by atoms with van der Waals surface area (Å²) in [5, 5.41) is 13.3. The molecule has 18 heavy (non-hydrogen) atoms. The molecule has 1 rings (SSSR count). The van der Waals surface area contributed by atoms with E-state index in [1.165, 1.54) is 12.8 Å². The summed E-state index contributed by atoms with van der Waals surface area (Å²) in [6.45, 7) is 0.605. The van der Waals surface area contributed by atoms with E-state index in [9.17, 15) is 14.4 Å². The van der Waals surface area contributed by atoms with Gasteiger partial charge in [-0.1, -0.05) is 12.8 Å². The topological polar surface area (TPSA) is 95.5 Å². The maximum Gasteiger partial charge on any atom is 0.321 e. The molecule has 6 heteroatoms. The van der Waals surface area contributed by atoms with Crippen molar-refractivity contribution in [1.82, 2.24) is 10.6 Å². The Morgan fingerprint density at radius 1 is 1.11 bits per heavy atom. The maximum absolute atomic E-state index is 11.3. The van der Waals surface area contributed by atoms with Crippen molar-refractivity contribution in [1.29, 1.82) is 0 Å². The molecule has 0 spiro atoms. The molecule has 0 bridgehead atoms. The molecule has 0 aromatic carbocycles. The van der Waals surface area contributed by atoms with Gasteiger partial charge in [-0.25, -0.2) is 4.79 Å². The first-order valence-electron chi connectivity index (χ1n) is 6.37. The van der Waals surface area contributed by atoms with E-state index in [1.807, 2.05) is 0 Å². The van der Waals surface area contributed by atoms with Gasteiger partial charge >= 0.3 is 12.0 Å². The fourth-order valence-electron chi connectivity index (χ4n) is 2.09. The monoisotopic (exact) mass is 256 g/mol. The van der Waals surface area contributed by atoms with Crippen LogP contribution in [0.15, 0.2) is 0 Å². The van der Waals surface area contributed by atoms with Crippen LogP contribution >= 0.6 is 0 Å². The Bertz CT molecular complexity index is 311. The Balaban J connectivity index is 2.07. The minimum atomic E-state index is -0.937. The minimum absolute atomic E-state index is 0.0584. The second kappa shape index (κ2) is 7.68. The molecule has 0 saturated heterocycles. The first-order valence-corrected chi connectivity index (χ1v) is 6.37. The average Bonchev–Trinajstić information content (AvgIpc) is 2.78. The Labute approximate surface area is 106 Å². The lowest BCUT2D eigenvalue weighted by atomic mass is 10.1. The van der Waals surface area contributed by atoms with Gasteiger partial charge in [-0.2, -0.15) is 0 Å². The highest BCUT2D eigenvalue weighted by atomic mass is 16.4. The zero-order valence-electron chi connectivity index (χ0n) is 10.4. The van der Waals surface area contributed by atoms with Crippen LogP contribution in [-0.4, -0.2) is 29.6 Å². The summed E-state index contributed by atoms with van der Waals surface area (Å²) in [7, 11) is 0. The van der Waals surface area contributed by atoms with E-state index in [0.29, 0.717) is 12.5 Å². The number of carboxylic acid groups (broad SMARTS) is 1. The lowest BCUT2D eigenvalue weighted by molar-refractivity contribution is -0.137. The molecule has 1 aliphatic carbocycles. The molecule has 0 aromatic heterocycles. The van der Waals surface area contributed by atoms with Crippen molar-refractivity contribution in [2.75, 3.05) is 6.54 Å². The molecule has 0 atom stereocenters. The SMILES string of the molecule is O=C(O)CCCC(=O)NC(=O)NCC1CCCC1. The Hall–Kier alpha value is -1.59. The number of aliphatic carboxylic acids is 1. The van der Waals surface area contributed by atoms with Crippen LogP contribution in [0.1, 0.15) is 44.9 Å². The molecule has 3 N–H and O–H groups in total. The Morgan fingerprint density at radius 2 is 1.78 bits per heavy atom. The number of nitrogens with one attached hydrogen (secondary N) is 2. The van der Waals surface area contributed by atoms with Gasteiger partial charge in [-0.3, -0.25) is 14.9 Å². The van der Waals surface area contributed by atoms with Crippen molar-refractivity contribution >= 4 is 17.9 Å². The predicted molar refractivity (Wildman–Crippen MR) is 65.0 cm³/mol. The molecular formula is C12H20N2O4. The highest BCUT2D eigenvalue weighted by Crippen LogP contribution is 2.23. The number of rotatable bonds is 6. The van der Waals surface area contributed by atoms with Crippen LogP contribution in [0.2, 0.25) is 0 Å². The largest absolute Gasteiger partial charge is 0.481 e. The fraction of sp³-hybridized carbons (Fsp3) is 0.750. The number of carboxylic acids is 1. The summed E-state index contributed by atoms with van der Waals surface area (Å²) in [5.74, 6) is -0.841. The lowest BCUT2D eigenvalue weighted by Crippen LogP contribution is -2.41. The van der Waals surface area contributed by atoms with Gasteiger partial charge < -0.3 is 10.4 Å². The average molecular weight is 256 g/mol. The van der Waals surface area contributed by atoms with Gasteiger partial charge in [0.25, 0.3) is 0 Å². The molecule has 1 aliphatic rings. The minimum Gasteiger partial charge on any atom is -0.481 e. The normalized spacial score (nSPS) is 15.3. The quantitative estimate of drug-likeness (QED) is 0.666. The van der Waals surface area contributed by atoms with Gasteiger partial charge in [-0.05, 0) is 25.2 Å². The number of hydrogen-bond donors (Lipinski definition) is 3. The van der Waals surface area contributed by atoms with Crippen LogP contribution in [-0.2, 0) is 9.59 Å². The number of carbonyl (C=O) groups excluding carboxylic acids is 2. The zero-order chi connectivity index (χ0) is 13.4. The number of carbonyl (C=O) groups is 3. The van der Waals surface area contributed by atoms with Crippen molar-refractivity contribution in [2.24, 2.45) is 5.92 Å². The smallest absolute Gasteiger partial charge is 0.321 e. The van der Waals surface area contributed by atoms with Gasteiger partial charge in [-0.15, -0.1) is 0 Å². The van der Waals surface area contributed by atoms with Gasteiger partial charge in [0.05, 0.1) is 0 Å². The summed E-state index contributed by atoms with van der Waals surface area (Å²) in [4.78, 5) is 32.9. The van der Waals surface area contributed by atoms with Crippen molar-refractivity contribution in [3.05, 3.63) is 0 Å². The zero-order valence-corrected chi connectivity index (χ0v) is 10.4. The van der Waals surface area contributed by atoms with E-state index >= 15 is 0 Å². The third kappa shape index (κ3) is 6.22. The Kier molecular flexibility index (Phi) is 6.18. The Morgan fingerprint density at radius 3 is 2.39 bits per heavy atom. The highest BCUT2D eigenvalue weighted by molar-refractivity contribution is 5.94. The summed E-state index contributed by atoms with van der Waals surface area (Å²) in [5.41, 5.74) is 0. The summed E-state index contributed by atoms with van der Waals surface area (Å²) >= 11 is 0. The van der Waals surface area contributed by atoms with Gasteiger partial charge in [0.1, 0.15) is 0 Å². The van der Waals surface area contributed by atoms with Crippen LogP contribution in [0.25, 0.3) is 0 Å². The second-order valence-corrected chi connectivity index (χ2v) is 4.66. The molecular weight excluding hydrogens is 236 g/mol. The number of urea groups is 1. The number of imide groups is 1. The lowest BCUT2D eigenvalue weighted by Gasteiger charge is -2.10. The molecule has 6 nitrogen and oxygen atoms in total. The first kappa shape index (κ1) is 14.5. The van der Waals surface area contributed by atoms with Crippen LogP contribution in [0.5, 0.6) is 0 Å². The van der Waals surface area contributed by atoms with Gasteiger partial charge in [0, 0.05) is 19.4 Å². The van der Waals surface area contributed by atoms with E-state index in [0.717, 1.165) is 12.8 Å². The van der Waals surface area contributed by atoms with Crippen molar-refractivity contribution in [3.63, 3.8) is 0 Å². The van der Waals surface area contributed by atoms with Crippen LogP contribution in [0.3, 0.4) is 0 Å². The van der Waals surface area contributed by atoms with Crippen molar-refractivity contribution in [3.8, 4) is 0 Å². The highest BCUT2D eigenvalue weighted by Gasteiger charge is 2.16. The van der Waals surface area contributed by atoms with Gasteiger partial charge in [0.2, 0.25) is 5.91 Å². The number of amides is 3. The molecule has 0 heterocycles. The standard InChI is InChI=1S/C12H20N2O4/c15-10(6-3-7-11(16)17)14-12(18)13-8-9-4-1-2-5-9/h9H,1-8H2,(H,16,17)(H2,13,14,15,18). The summed E-state index contributed by atoms with van der Waals surface area (Å²) in [6, 6.07) is -0.484. The molecule has 102 valence electrons. The van der Waals surface area contributed by atoms with Crippen LogP contribution < -0.4 is 10.6 Å². The number of hydrogen-bond acceptors (Lipinski definition) is 3. The maximum atomic E-state index is 11.3. The third-order valence-corrected chi connectivity index (χ3v) is 3.07. The molecule has 0 aliphatic heterocycles. The molecule has 1 fully saturated rings. The molecule has 0 aromatic rings. The molecule has 1 saturated carbocycles. The summed E-state index contributed by atoms with van der Waals surface area (Å²) < 4.78 is 0. The molecule has 0 unspecified atom stereocenters. The second-order valence-electron chi connectivity index (χ2n) is 4.66. The van der Waals surface area contributed by atoms with Crippen molar-refractivity contribution in [2.45, 2.75) is 44.9 Å².